The van der Waals surface area contributed by atoms with Gasteiger partial charge in [0.1, 0.15) is 17.7 Å². The highest BCUT2D eigenvalue weighted by Crippen LogP contribution is 2.29. The number of hydrogen-bond acceptors (Lipinski definition) is 4. The summed E-state index contributed by atoms with van der Waals surface area (Å²) in [6.07, 6.45) is -4.64. The first kappa shape index (κ1) is 18.6. The second kappa shape index (κ2) is 6.99. The number of anilines is 1. The van der Waals surface area contributed by atoms with Crippen LogP contribution in [0.5, 0.6) is 5.75 Å². The summed E-state index contributed by atoms with van der Waals surface area (Å²) in [7, 11) is 0. The third kappa shape index (κ3) is 4.61. The minimum atomic E-state index is -4.85. The topological polar surface area (TPSA) is 95.9 Å². The van der Waals surface area contributed by atoms with Gasteiger partial charge in [-0.15, -0.1) is 13.2 Å². The van der Waals surface area contributed by atoms with Crippen molar-refractivity contribution in [2.75, 3.05) is 11.4 Å². The summed E-state index contributed by atoms with van der Waals surface area (Å²) in [6.45, 7) is 1.35. The Balaban J connectivity index is 2.08. The highest BCUT2D eigenvalue weighted by atomic mass is 19.4. The minimum absolute atomic E-state index is 0.167. The lowest BCUT2D eigenvalue weighted by atomic mass is 10.1. The molecule has 0 bridgehead atoms. The molecular formula is C15H15F3N2O5. The number of alkyl halides is 3. The number of carboxylic acids is 1. The van der Waals surface area contributed by atoms with Crippen LogP contribution in [0.3, 0.4) is 0 Å². The molecule has 0 saturated carbocycles. The standard InChI is InChI=1S/C15H15F3N2O5/c1-8(14(23)24)12(21)19-11-5-6-20(13(11)22)9-3-2-4-10(7-9)25-15(16,17)18/h2-4,7-8,11H,5-6H2,1H3,(H,19,21)(H,23,24). The van der Waals surface area contributed by atoms with Gasteiger partial charge in [-0.25, -0.2) is 0 Å². The fourth-order valence-corrected chi connectivity index (χ4v) is 2.33. The van der Waals surface area contributed by atoms with Crippen molar-refractivity contribution in [2.24, 2.45) is 5.92 Å². The van der Waals surface area contributed by atoms with E-state index in [1.807, 2.05) is 0 Å². The van der Waals surface area contributed by atoms with Gasteiger partial charge >= 0.3 is 12.3 Å². The average Bonchev–Trinajstić information content (AvgIpc) is 2.86. The molecule has 25 heavy (non-hydrogen) atoms. The number of halogens is 3. The first-order valence-electron chi connectivity index (χ1n) is 7.29. The zero-order valence-electron chi connectivity index (χ0n) is 13.0. The summed E-state index contributed by atoms with van der Waals surface area (Å²) in [5.41, 5.74) is 0.190. The lowest BCUT2D eigenvalue weighted by Gasteiger charge is -2.19. The molecule has 1 aliphatic rings. The van der Waals surface area contributed by atoms with Crippen LogP contribution in [-0.4, -0.2) is 41.8 Å². The average molecular weight is 360 g/mol. The first-order valence-corrected chi connectivity index (χ1v) is 7.29. The zero-order valence-corrected chi connectivity index (χ0v) is 13.0. The Bertz CT molecular complexity index is 692. The van der Waals surface area contributed by atoms with Gasteiger partial charge in [-0.3, -0.25) is 14.4 Å². The van der Waals surface area contributed by atoms with Crippen LogP contribution < -0.4 is 15.0 Å². The van der Waals surface area contributed by atoms with E-state index in [1.165, 1.54) is 24.0 Å². The SMILES string of the molecule is CC(C(=O)O)C(=O)NC1CCN(c2cccc(OC(F)(F)F)c2)C1=O. The van der Waals surface area contributed by atoms with E-state index in [-0.39, 0.29) is 18.7 Å². The van der Waals surface area contributed by atoms with E-state index in [9.17, 15) is 27.6 Å². The number of carbonyl (C=O) groups is 3. The lowest BCUT2D eigenvalue weighted by Crippen LogP contribution is -2.45. The molecule has 0 aromatic heterocycles. The van der Waals surface area contributed by atoms with E-state index >= 15 is 0 Å². The smallest absolute Gasteiger partial charge is 0.481 e. The number of hydrogen-bond donors (Lipinski definition) is 2. The van der Waals surface area contributed by atoms with Crippen LogP contribution in [0, 0.1) is 5.92 Å². The van der Waals surface area contributed by atoms with Gasteiger partial charge in [-0.05, 0) is 25.5 Å². The zero-order chi connectivity index (χ0) is 18.8. The van der Waals surface area contributed by atoms with Gasteiger partial charge in [-0.2, -0.15) is 0 Å². The van der Waals surface area contributed by atoms with E-state index in [0.29, 0.717) is 0 Å². The molecule has 1 saturated heterocycles. The van der Waals surface area contributed by atoms with Crippen molar-refractivity contribution in [3.8, 4) is 5.75 Å². The number of ether oxygens (including phenoxy) is 1. The monoisotopic (exact) mass is 360 g/mol. The summed E-state index contributed by atoms with van der Waals surface area (Å²) in [5, 5.41) is 11.1. The van der Waals surface area contributed by atoms with Crippen LogP contribution in [0.25, 0.3) is 0 Å². The maximum absolute atomic E-state index is 12.3. The van der Waals surface area contributed by atoms with Crippen molar-refractivity contribution in [3.05, 3.63) is 24.3 Å². The van der Waals surface area contributed by atoms with Crippen molar-refractivity contribution in [1.29, 1.82) is 0 Å². The predicted octanol–water partition coefficient (Wildman–Crippen LogP) is 1.53. The second-order valence-electron chi connectivity index (χ2n) is 5.44. The van der Waals surface area contributed by atoms with Crippen molar-refractivity contribution in [3.63, 3.8) is 0 Å². The molecule has 2 N–H and O–H groups in total. The maximum Gasteiger partial charge on any atom is 0.573 e. The number of carbonyl (C=O) groups excluding carboxylic acids is 2. The molecule has 1 fully saturated rings. The Kier molecular flexibility index (Phi) is 5.19. The normalized spacial score (nSPS) is 18.8. The van der Waals surface area contributed by atoms with Crippen LogP contribution in [0.15, 0.2) is 24.3 Å². The van der Waals surface area contributed by atoms with Crippen LogP contribution in [0.2, 0.25) is 0 Å². The fourth-order valence-electron chi connectivity index (χ4n) is 2.33. The van der Waals surface area contributed by atoms with Gasteiger partial charge in [-0.1, -0.05) is 6.07 Å². The molecule has 1 heterocycles. The highest BCUT2D eigenvalue weighted by Gasteiger charge is 2.36. The second-order valence-corrected chi connectivity index (χ2v) is 5.44. The van der Waals surface area contributed by atoms with Gasteiger partial charge in [0.05, 0.1) is 0 Å². The van der Waals surface area contributed by atoms with Crippen LogP contribution >= 0.6 is 0 Å². The molecule has 2 atom stereocenters. The van der Waals surface area contributed by atoms with E-state index < -0.39 is 41.9 Å². The summed E-state index contributed by atoms with van der Waals surface area (Å²) >= 11 is 0. The van der Waals surface area contributed by atoms with Gasteiger partial charge < -0.3 is 20.1 Å². The molecule has 1 aromatic carbocycles. The van der Waals surface area contributed by atoms with Crippen LogP contribution in [-0.2, 0) is 14.4 Å². The fraction of sp³-hybridized carbons (Fsp3) is 0.400. The first-order chi connectivity index (χ1) is 11.6. The molecule has 1 aromatic rings. The number of nitrogens with one attached hydrogen (secondary N) is 1. The Morgan fingerprint density at radius 2 is 2.08 bits per heavy atom. The number of nitrogens with zero attached hydrogens (tertiary/aromatic N) is 1. The number of carboxylic acid groups (broad SMARTS) is 1. The quantitative estimate of drug-likeness (QED) is 0.777. The Morgan fingerprint density at radius 1 is 1.40 bits per heavy atom. The van der Waals surface area contributed by atoms with Gasteiger partial charge in [0.2, 0.25) is 11.8 Å². The van der Waals surface area contributed by atoms with Crippen molar-refractivity contribution >= 4 is 23.5 Å². The molecule has 2 amide bonds. The minimum Gasteiger partial charge on any atom is -0.481 e. The Hall–Kier alpha value is -2.78. The number of benzene rings is 1. The molecular weight excluding hydrogens is 345 g/mol. The van der Waals surface area contributed by atoms with E-state index in [0.717, 1.165) is 12.1 Å². The summed E-state index contributed by atoms with van der Waals surface area (Å²) in [4.78, 5) is 36.0. The lowest BCUT2D eigenvalue weighted by molar-refractivity contribution is -0.274. The molecule has 136 valence electrons. The highest BCUT2D eigenvalue weighted by molar-refractivity contribution is 6.03. The van der Waals surface area contributed by atoms with Crippen molar-refractivity contribution in [2.45, 2.75) is 25.7 Å². The summed E-state index contributed by atoms with van der Waals surface area (Å²) in [6, 6.07) is 3.98. The molecule has 7 nitrogen and oxygen atoms in total. The van der Waals surface area contributed by atoms with Crippen molar-refractivity contribution in [1.82, 2.24) is 5.32 Å². The van der Waals surface area contributed by atoms with E-state index in [4.69, 9.17) is 5.11 Å². The summed E-state index contributed by atoms with van der Waals surface area (Å²) in [5.74, 6) is -4.44. The molecule has 0 spiro atoms. The van der Waals surface area contributed by atoms with Gasteiger partial charge in [0.25, 0.3) is 0 Å². The molecule has 0 aliphatic carbocycles. The number of rotatable bonds is 5. The van der Waals surface area contributed by atoms with Crippen LogP contribution in [0.1, 0.15) is 13.3 Å². The summed E-state index contributed by atoms with van der Waals surface area (Å²) < 4.78 is 40.6. The molecule has 2 unspecified atom stereocenters. The molecule has 1 aliphatic heterocycles. The molecule has 0 radical (unpaired) electrons. The number of amides is 2. The van der Waals surface area contributed by atoms with E-state index in [2.05, 4.69) is 10.1 Å². The molecule has 2 rings (SSSR count). The van der Waals surface area contributed by atoms with Crippen molar-refractivity contribution < 1.29 is 37.4 Å². The largest absolute Gasteiger partial charge is 0.573 e. The third-order valence-corrected chi connectivity index (χ3v) is 3.65. The third-order valence-electron chi connectivity index (χ3n) is 3.65. The van der Waals surface area contributed by atoms with Crippen LogP contribution in [0.4, 0.5) is 18.9 Å². The maximum atomic E-state index is 12.3. The number of aliphatic carboxylic acids is 1. The predicted molar refractivity (Wildman–Crippen MR) is 78.8 cm³/mol. The van der Waals surface area contributed by atoms with Gasteiger partial charge in [0, 0.05) is 18.3 Å². The van der Waals surface area contributed by atoms with E-state index in [1.54, 1.807) is 0 Å². The Labute approximate surface area is 140 Å². The Morgan fingerprint density at radius 3 is 2.68 bits per heavy atom. The molecule has 10 heteroatoms. The van der Waals surface area contributed by atoms with Gasteiger partial charge in [0.15, 0.2) is 0 Å².